The van der Waals surface area contributed by atoms with Gasteiger partial charge in [-0.05, 0) is 19.2 Å². The molecule has 0 saturated carbocycles. The van der Waals surface area contributed by atoms with E-state index in [0.717, 1.165) is 54.4 Å². The predicted molar refractivity (Wildman–Crippen MR) is 99.1 cm³/mol. The van der Waals surface area contributed by atoms with E-state index in [2.05, 4.69) is 36.9 Å². The molecule has 3 aromatic heterocycles. The summed E-state index contributed by atoms with van der Waals surface area (Å²) in [4.78, 5) is 18.3. The van der Waals surface area contributed by atoms with E-state index in [4.69, 9.17) is 4.74 Å². The third-order valence-corrected chi connectivity index (χ3v) is 4.68. The van der Waals surface area contributed by atoms with Crippen LogP contribution < -0.4 is 4.90 Å². The van der Waals surface area contributed by atoms with Crippen molar-refractivity contribution in [3.05, 3.63) is 42.1 Å². The maximum atomic E-state index is 5.16. The molecule has 4 heterocycles. The van der Waals surface area contributed by atoms with Gasteiger partial charge < -0.3 is 14.5 Å². The number of rotatable bonds is 5. The number of anilines is 1. The molecule has 1 aliphatic rings. The van der Waals surface area contributed by atoms with Crippen LogP contribution in [0.1, 0.15) is 11.4 Å². The van der Waals surface area contributed by atoms with Gasteiger partial charge in [-0.3, -0.25) is 4.98 Å². The van der Waals surface area contributed by atoms with Gasteiger partial charge in [0.05, 0.1) is 36.1 Å². The van der Waals surface area contributed by atoms with Crippen molar-refractivity contribution in [2.24, 2.45) is 0 Å². The van der Waals surface area contributed by atoms with Crippen LogP contribution in [0.25, 0.3) is 11.0 Å². The molecule has 0 spiro atoms. The third kappa shape index (κ3) is 3.38. The van der Waals surface area contributed by atoms with Crippen molar-refractivity contribution in [1.29, 1.82) is 0 Å². The molecule has 136 valence electrons. The average Bonchev–Trinajstić information content (AvgIpc) is 3.06. The number of hydrogen-bond acceptors (Lipinski definition) is 7. The lowest BCUT2D eigenvalue weighted by Gasteiger charge is -2.33. The molecule has 1 aliphatic heterocycles. The number of aromatic nitrogens is 5. The molecule has 26 heavy (non-hydrogen) atoms. The first-order chi connectivity index (χ1) is 12.7. The Morgan fingerprint density at radius 1 is 1.08 bits per heavy atom. The van der Waals surface area contributed by atoms with Gasteiger partial charge in [-0.15, -0.1) is 0 Å². The van der Waals surface area contributed by atoms with Crippen molar-refractivity contribution in [1.82, 2.24) is 29.6 Å². The average molecular weight is 353 g/mol. The second-order valence-electron chi connectivity index (χ2n) is 6.58. The summed E-state index contributed by atoms with van der Waals surface area (Å²) in [5.74, 6) is 0.968. The van der Waals surface area contributed by atoms with Gasteiger partial charge in [0.1, 0.15) is 12.1 Å². The molecule has 0 aromatic carbocycles. The second kappa shape index (κ2) is 7.35. The number of pyridine rings is 1. The van der Waals surface area contributed by atoms with Crippen LogP contribution in [-0.2, 0) is 17.9 Å². The first kappa shape index (κ1) is 16.9. The number of piperazine rings is 1. The van der Waals surface area contributed by atoms with Crippen molar-refractivity contribution < 1.29 is 4.74 Å². The summed E-state index contributed by atoms with van der Waals surface area (Å²) in [5.41, 5.74) is 2.69. The van der Waals surface area contributed by atoms with Crippen LogP contribution in [0.5, 0.6) is 0 Å². The number of nitrogens with zero attached hydrogens (tertiary/aromatic N) is 7. The van der Waals surface area contributed by atoms with Crippen molar-refractivity contribution in [2.45, 2.75) is 13.2 Å². The summed E-state index contributed by atoms with van der Waals surface area (Å²) in [5, 5.41) is 5.53. The molecule has 0 N–H and O–H groups in total. The molecular weight excluding hydrogens is 330 g/mol. The molecule has 3 aromatic rings. The zero-order chi connectivity index (χ0) is 17.9. The van der Waals surface area contributed by atoms with Crippen LogP contribution in [0.4, 0.5) is 5.82 Å². The van der Waals surface area contributed by atoms with Crippen molar-refractivity contribution in [3.63, 3.8) is 0 Å². The number of fused-ring (bicyclic) bond motifs is 1. The van der Waals surface area contributed by atoms with Crippen molar-refractivity contribution in [2.75, 3.05) is 45.2 Å². The summed E-state index contributed by atoms with van der Waals surface area (Å²) in [7, 11) is 3.82. The van der Waals surface area contributed by atoms with E-state index < -0.39 is 0 Å². The Hall–Kier alpha value is -2.58. The minimum Gasteiger partial charge on any atom is -0.378 e. The Kier molecular flexibility index (Phi) is 4.77. The SMILES string of the molecule is COCc1cccc(Cn2ncc3c(N4CCN(C)CC4)ncnc32)n1. The first-order valence-electron chi connectivity index (χ1n) is 8.78. The summed E-state index contributed by atoms with van der Waals surface area (Å²) < 4.78 is 7.05. The van der Waals surface area contributed by atoms with Gasteiger partial charge >= 0.3 is 0 Å². The van der Waals surface area contributed by atoms with E-state index in [9.17, 15) is 0 Å². The summed E-state index contributed by atoms with van der Waals surface area (Å²) in [6.07, 6.45) is 3.49. The molecule has 1 fully saturated rings. The largest absolute Gasteiger partial charge is 0.378 e. The van der Waals surface area contributed by atoms with Crippen LogP contribution in [-0.4, -0.2) is 70.0 Å². The van der Waals surface area contributed by atoms with Crippen LogP contribution in [0.3, 0.4) is 0 Å². The Morgan fingerprint density at radius 2 is 1.88 bits per heavy atom. The van der Waals surface area contributed by atoms with Crippen LogP contribution in [0, 0.1) is 0 Å². The first-order valence-corrected chi connectivity index (χ1v) is 8.78. The van der Waals surface area contributed by atoms with Crippen LogP contribution in [0.15, 0.2) is 30.7 Å². The van der Waals surface area contributed by atoms with E-state index in [1.54, 1.807) is 13.4 Å². The van der Waals surface area contributed by atoms with Crippen molar-refractivity contribution >= 4 is 16.9 Å². The van der Waals surface area contributed by atoms with Gasteiger partial charge in [0.15, 0.2) is 5.65 Å². The van der Waals surface area contributed by atoms with E-state index in [-0.39, 0.29) is 0 Å². The number of likely N-dealkylation sites (N-methyl/N-ethyl adjacent to an activating group) is 1. The smallest absolute Gasteiger partial charge is 0.163 e. The fourth-order valence-corrected chi connectivity index (χ4v) is 3.27. The highest BCUT2D eigenvalue weighted by Gasteiger charge is 2.19. The van der Waals surface area contributed by atoms with Gasteiger partial charge in [-0.1, -0.05) is 6.07 Å². The molecule has 1 saturated heterocycles. The predicted octanol–water partition coefficient (Wildman–Crippen LogP) is 1.17. The van der Waals surface area contributed by atoms with E-state index in [0.29, 0.717) is 13.2 Å². The Morgan fingerprint density at radius 3 is 2.69 bits per heavy atom. The number of methoxy groups -OCH3 is 1. The molecule has 0 atom stereocenters. The topological polar surface area (TPSA) is 72.2 Å². The molecule has 8 nitrogen and oxygen atoms in total. The van der Waals surface area contributed by atoms with Gasteiger partial charge in [-0.2, -0.15) is 5.10 Å². The summed E-state index contributed by atoms with van der Waals surface area (Å²) in [6.45, 7) is 5.08. The summed E-state index contributed by atoms with van der Waals surface area (Å²) >= 11 is 0. The highest BCUT2D eigenvalue weighted by Crippen LogP contribution is 2.23. The molecular formula is C18H23N7O. The fourth-order valence-electron chi connectivity index (χ4n) is 3.27. The highest BCUT2D eigenvalue weighted by molar-refractivity contribution is 5.86. The quantitative estimate of drug-likeness (QED) is 0.682. The maximum Gasteiger partial charge on any atom is 0.163 e. The number of ether oxygens (including phenoxy) is 1. The normalized spacial score (nSPS) is 15.7. The molecule has 0 radical (unpaired) electrons. The van der Waals surface area contributed by atoms with Crippen LogP contribution >= 0.6 is 0 Å². The molecule has 0 unspecified atom stereocenters. The zero-order valence-electron chi connectivity index (χ0n) is 15.2. The monoisotopic (exact) mass is 353 g/mol. The zero-order valence-corrected chi connectivity index (χ0v) is 15.2. The van der Waals surface area contributed by atoms with Gasteiger partial charge in [-0.25, -0.2) is 14.6 Å². The maximum absolute atomic E-state index is 5.16. The molecule has 0 aliphatic carbocycles. The second-order valence-corrected chi connectivity index (χ2v) is 6.58. The Bertz CT molecular complexity index is 886. The molecule has 4 rings (SSSR count). The Labute approximate surface area is 152 Å². The minimum absolute atomic E-state index is 0.503. The molecule has 8 heteroatoms. The third-order valence-electron chi connectivity index (χ3n) is 4.68. The van der Waals surface area contributed by atoms with Gasteiger partial charge in [0, 0.05) is 33.3 Å². The van der Waals surface area contributed by atoms with Gasteiger partial charge in [0.2, 0.25) is 0 Å². The van der Waals surface area contributed by atoms with E-state index >= 15 is 0 Å². The standard InChI is InChI=1S/C18H23N7O/c1-23-6-8-24(9-7-23)17-16-10-21-25(18(16)20-13-19-17)11-14-4-3-5-15(22-14)12-26-2/h3-5,10,13H,6-9,11-12H2,1-2H3. The molecule has 0 bridgehead atoms. The highest BCUT2D eigenvalue weighted by atomic mass is 16.5. The fraction of sp³-hybridized carbons (Fsp3) is 0.444. The van der Waals surface area contributed by atoms with Gasteiger partial charge in [0.25, 0.3) is 0 Å². The minimum atomic E-state index is 0.503. The summed E-state index contributed by atoms with van der Waals surface area (Å²) in [6, 6.07) is 5.95. The Balaban J connectivity index is 1.61. The molecule has 0 amide bonds. The van der Waals surface area contributed by atoms with Crippen LogP contribution in [0.2, 0.25) is 0 Å². The lowest BCUT2D eigenvalue weighted by Crippen LogP contribution is -2.44. The van der Waals surface area contributed by atoms with E-state index in [1.807, 2.05) is 29.1 Å². The number of hydrogen-bond donors (Lipinski definition) is 0. The lowest BCUT2D eigenvalue weighted by atomic mass is 10.3. The van der Waals surface area contributed by atoms with E-state index in [1.165, 1.54) is 0 Å². The van der Waals surface area contributed by atoms with Crippen molar-refractivity contribution in [3.8, 4) is 0 Å². The lowest BCUT2D eigenvalue weighted by molar-refractivity contribution is 0.181.